The van der Waals surface area contributed by atoms with Crippen molar-refractivity contribution in [2.75, 3.05) is 23.7 Å². The molecule has 0 amide bonds. The summed E-state index contributed by atoms with van der Waals surface area (Å²) in [5.74, 6) is 2.04. The first-order chi connectivity index (χ1) is 7.99. The second kappa shape index (κ2) is 4.82. The summed E-state index contributed by atoms with van der Waals surface area (Å²) in [6.45, 7) is 6.49. The number of rotatable bonds is 2. The van der Waals surface area contributed by atoms with Gasteiger partial charge in [-0.3, -0.25) is 0 Å². The van der Waals surface area contributed by atoms with Crippen LogP contribution in [0, 0.1) is 0 Å². The molecule has 1 fully saturated rings. The number of thiocarbonyl (C=S) groups is 1. The zero-order valence-electron chi connectivity index (χ0n) is 10.1. The summed E-state index contributed by atoms with van der Waals surface area (Å²) in [6, 6.07) is 3.82. The molecule has 2 rings (SSSR count). The van der Waals surface area contributed by atoms with Crippen molar-refractivity contribution < 1.29 is 0 Å². The van der Waals surface area contributed by atoms with Crippen molar-refractivity contribution in [2.24, 2.45) is 5.73 Å². The van der Waals surface area contributed by atoms with Crippen LogP contribution in [-0.4, -0.2) is 33.6 Å². The van der Waals surface area contributed by atoms with Gasteiger partial charge in [0.15, 0.2) is 0 Å². The number of pyridine rings is 1. The van der Waals surface area contributed by atoms with Gasteiger partial charge in [0.25, 0.3) is 0 Å². The van der Waals surface area contributed by atoms with E-state index in [1.165, 1.54) is 0 Å². The highest BCUT2D eigenvalue weighted by atomic mass is 32.2. The van der Waals surface area contributed by atoms with Crippen LogP contribution in [-0.2, 0) is 0 Å². The zero-order chi connectivity index (χ0) is 12.5. The van der Waals surface area contributed by atoms with Crippen molar-refractivity contribution in [3.63, 3.8) is 0 Å². The quantitative estimate of drug-likeness (QED) is 0.831. The number of aromatic nitrogens is 1. The highest BCUT2D eigenvalue weighted by Gasteiger charge is 2.28. The highest BCUT2D eigenvalue weighted by molar-refractivity contribution is 8.00. The van der Waals surface area contributed by atoms with Crippen LogP contribution in [0.4, 0.5) is 5.82 Å². The fourth-order valence-corrected chi connectivity index (χ4v) is 3.31. The van der Waals surface area contributed by atoms with Gasteiger partial charge in [-0.2, -0.15) is 11.8 Å². The lowest BCUT2D eigenvalue weighted by Crippen LogP contribution is -2.44. The molecule has 0 aliphatic carbocycles. The van der Waals surface area contributed by atoms with Crippen molar-refractivity contribution in [3.05, 3.63) is 23.9 Å². The molecule has 17 heavy (non-hydrogen) atoms. The summed E-state index contributed by atoms with van der Waals surface area (Å²) < 4.78 is 0.253. The first-order valence-corrected chi connectivity index (χ1v) is 7.03. The molecule has 0 spiro atoms. The first-order valence-electron chi connectivity index (χ1n) is 5.63. The molecule has 92 valence electrons. The molecule has 0 atom stereocenters. The summed E-state index contributed by atoms with van der Waals surface area (Å²) in [5.41, 5.74) is 6.63. The molecule has 5 heteroatoms. The molecule has 2 N–H and O–H groups in total. The van der Waals surface area contributed by atoms with Crippen LogP contribution in [0.2, 0.25) is 0 Å². The molecule has 0 bridgehead atoms. The summed E-state index contributed by atoms with van der Waals surface area (Å²) in [4.78, 5) is 7.14. The number of hydrogen-bond donors (Lipinski definition) is 1. The Morgan fingerprint density at radius 2 is 2.35 bits per heavy atom. The largest absolute Gasteiger partial charge is 0.389 e. The van der Waals surface area contributed by atoms with Crippen molar-refractivity contribution >= 4 is 34.8 Å². The Labute approximate surface area is 112 Å². The van der Waals surface area contributed by atoms with Crippen molar-refractivity contribution in [1.29, 1.82) is 0 Å². The predicted octanol–water partition coefficient (Wildman–Crippen LogP) is 2.05. The highest BCUT2D eigenvalue weighted by Crippen LogP contribution is 2.32. The average molecular weight is 267 g/mol. The van der Waals surface area contributed by atoms with Gasteiger partial charge in [0, 0.05) is 29.8 Å². The van der Waals surface area contributed by atoms with Crippen molar-refractivity contribution in [2.45, 2.75) is 18.6 Å². The van der Waals surface area contributed by atoms with E-state index >= 15 is 0 Å². The van der Waals surface area contributed by atoms with Gasteiger partial charge < -0.3 is 10.6 Å². The van der Waals surface area contributed by atoms with Gasteiger partial charge in [0.1, 0.15) is 10.8 Å². The van der Waals surface area contributed by atoms with Gasteiger partial charge in [0.05, 0.1) is 5.56 Å². The number of nitrogens with zero attached hydrogens (tertiary/aromatic N) is 2. The van der Waals surface area contributed by atoms with Crippen LogP contribution >= 0.6 is 24.0 Å². The minimum Gasteiger partial charge on any atom is -0.389 e. The molecule has 0 unspecified atom stereocenters. The molecule has 3 nitrogen and oxygen atoms in total. The second-order valence-corrected chi connectivity index (χ2v) is 7.01. The lowest BCUT2D eigenvalue weighted by Gasteiger charge is -2.38. The SMILES string of the molecule is CC1(C)CN(c2ncccc2C(N)=S)CCS1. The smallest absolute Gasteiger partial charge is 0.138 e. The maximum Gasteiger partial charge on any atom is 0.138 e. The Kier molecular flexibility index (Phi) is 3.58. The minimum atomic E-state index is 0.253. The van der Waals surface area contributed by atoms with E-state index in [9.17, 15) is 0 Å². The molecular weight excluding hydrogens is 250 g/mol. The Hall–Kier alpha value is -0.810. The third-order valence-electron chi connectivity index (χ3n) is 2.78. The van der Waals surface area contributed by atoms with Crippen LogP contribution in [0.1, 0.15) is 19.4 Å². The normalized spacial score (nSPS) is 19.1. The molecule has 0 radical (unpaired) electrons. The van der Waals surface area contributed by atoms with E-state index in [2.05, 4.69) is 23.7 Å². The minimum absolute atomic E-state index is 0.253. The summed E-state index contributed by atoms with van der Waals surface area (Å²) in [5, 5.41) is 0. The number of thioether (sulfide) groups is 1. The molecule has 1 aliphatic rings. The summed E-state index contributed by atoms with van der Waals surface area (Å²) >= 11 is 7.08. The van der Waals surface area contributed by atoms with E-state index < -0.39 is 0 Å². The Bertz CT molecular complexity index is 432. The topological polar surface area (TPSA) is 42.2 Å². The summed E-state index contributed by atoms with van der Waals surface area (Å²) in [6.07, 6.45) is 1.80. The van der Waals surface area contributed by atoms with Crippen molar-refractivity contribution in [3.8, 4) is 0 Å². The second-order valence-electron chi connectivity index (χ2n) is 4.77. The van der Waals surface area contributed by atoms with Gasteiger partial charge >= 0.3 is 0 Å². The number of anilines is 1. The summed E-state index contributed by atoms with van der Waals surface area (Å²) in [7, 11) is 0. The monoisotopic (exact) mass is 267 g/mol. The third kappa shape index (κ3) is 2.90. The van der Waals surface area contributed by atoms with Gasteiger partial charge in [-0.05, 0) is 26.0 Å². The molecule has 1 aromatic rings. The lowest BCUT2D eigenvalue weighted by molar-refractivity contribution is 0.642. The number of nitrogens with two attached hydrogens (primary N) is 1. The van der Waals surface area contributed by atoms with E-state index in [-0.39, 0.29) is 4.75 Å². The van der Waals surface area contributed by atoms with E-state index in [0.717, 1.165) is 30.2 Å². The van der Waals surface area contributed by atoms with E-state index in [1.807, 2.05) is 23.9 Å². The van der Waals surface area contributed by atoms with E-state index in [0.29, 0.717) is 4.99 Å². The predicted molar refractivity (Wildman–Crippen MR) is 78.9 cm³/mol. The van der Waals surface area contributed by atoms with Crippen LogP contribution in [0.25, 0.3) is 0 Å². The Morgan fingerprint density at radius 1 is 1.59 bits per heavy atom. The number of hydrogen-bond acceptors (Lipinski definition) is 4. The van der Waals surface area contributed by atoms with Gasteiger partial charge in [0.2, 0.25) is 0 Å². The van der Waals surface area contributed by atoms with E-state index in [1.54, 1.807) is 6.20 Å². The maximum absolute atomic E-state index is 5.75. The van der Waals surface area contributed by atoms with E-state index in [4.69, 9.17) is 18.0 Å². The molecule has 1 aromatic heterocycles. The maximum atomic E-state index is 5.75. The van der Waals surface area contributed by atoms with Crippen molar-refractivity contribution in [1.82, 2.24) is 4.98 Å². The molecular formula is C12H17N3S2. The molecule has 0 saturated carbocycles. The fraction of sp³-hybridized carbons (Fsp3) is 0.500. The molecule has 1 aliphatic heterocycles. The first kappa shape index (κ1) is 12.6. The van der Waals surface area contributed by atoms with Gasteiger partial charge in [-0.1, -0.05) is 12.2 Å². The van der Waals surface area contributed by atoms with Crippen LogP contribution in [0.5, 0.6) is 0 Å². The Morgan fingerprint density at radius 3 is 3.00 bits per heavy atom. The molecule has 0 aromatic carbocycles. The van der Waals surface area contributed by atoms with Crippen LogP contribution in [0.15, 0.2) is 18.3 Å². The molecule has 2 heterocycles. The van der Waals surface area contributed by atoms with Crippen LogP contribution in [0.3, 0.4) is 0 Å². The zero-order valence-corrected chi connectivity index (χ0v) is 11.8. The Balaban J connectivity index is 2.30. The van der Waals surface area contributed by atoms with Crippen LogP contribution < -0.4 is 10.6 Å². The average Bonchev–Trinajstić information content (AvgIpc) is 2.27. The third-order valence-corrected chi connectivity index (χ3v) is 4.29. The van der Waals surface area contributed by atoms with Gasteiger partial charge in [-0.15, -0.1) is 0 Å². The molecule has 1 saturated heterocycles. The van der Waals surface area contributed by atoms with Gasteiger partial charge in [-0.25, -0.2) is 4.98 Å². The standard InChI is InChI=1S/C12H17N3S2/c1-12(2)8-15(6-7-17-12)11-9(10(13)16)4-3-5-14-11/h3-5H,6-8H2,1-2H3,(H2,13,16). The fourth-order valence-electron chi connectivity index (χ4n) is 2.04. The lowest BCUT2D eigenvalue weighted by atomic mass is 10.1.